The van der Waals surface area contributed by atoms with Gasteiger partial charge in [-0.2, -0.15) is 0 Å². The number of carbonyl (C=O) groups excluding carboxylic acids is 1. The Kier molecular flexibility index (Phi) is 3.89. The second-order valence-electron chi connectivity index (χ2n) is 6.38. The standard InChI is InChI=1S/C17H24N2O2/c1-11-10-21-12(2)9-19(11)17(20)15-8-14-6-4-5-7-16(14)18-13(15)3/h4-7,11-13,15,18H,8-10H2,1-3H3. The molecule has 1 aromatic rings. The lowest BCUT2D eigenvalue weighted by atomic mass is 9.86. The summed E-state index contributed by atoms with van der Waals surface area (Å²) in [6, 6.07) is 8.60. The molecule has 1 aromatic carbocycles. The van der Waals surface area contributed by atoms with Crippen molar-refractivity contribution in [2.24, 2.45) is 5.92 Å². The summed E-state index contributed by atoms with van der Waals surface area (Å²) in [6.45, 7) is 7.54. The number of hydrogen-bond acceptors (Lipinski definition) is 3. The molecule has 3 rings (SSSR count). The Hall–Kier alpha value is -1.55. The van der Waals surface area contributed by atoms with Gasteiger partial charge in [-0.05, 0) is 38.8 Å². The largest absolute Gasteiger partial charge is 0.382 e. The number of amides is 1. The second kappa shape index (κ2) is 5.68. The van der Waals surface area contributed by atoms with Crippen LogP contribution in [0.4, 0.5) is 5.69 Å². The number of carbonyl (C=O) groups is 1. The van der Waals surface area contributed by atoms with Crippen LogP contribution in [0.1, 0.15) is 26.3 Å². The molecule has 1 N–H and O–H groups in total. The van der Waals surface area contributed by atoms with E-state index in [9.17, 15) is 4.79 Å². The molecule has 4 heteroatoms. The molecule has 0 radical (unpaired) electrons. The van der Waals surface area contributed by atoms with Gasteiger partial charge in [0.25, 0.3) is 0 Å². The zero-order chi connectivity index (χ0) is 15.0. The number of benzene rings is 1. The fraction of sp³-hybridized carbons (Fsp3) is 0.588. The first kappa shape index (κ1) is 14.4. The predicted octanol–water partition coefficient (Wildman–Crippen LogP) is 2.30. The van der Waals surface area contributed by atoms with Gasteiger partial charge in [0.15, 0.2) is 0 Å². The lowest BCUT2D eigenvalue weighted by molar-refractivity contribution is -0.148. The van der Waals surface area contributed by atoms with Gasteiger partial charge in [-0.3, -0.25) is 4.79 Å². The van der Waals surface area contributed by atoms with E-state index in [1.54, 1.807) is 0 Å². The van der Waals surface area contributed by atoms with Crippen molar-refractivity contribution in [1.82, 2.24) is 4.90 Å². The Labute approximate surface area is 126 Å². The highest BCUT2D eigenvalue weighted by atomic mass is 16.5. The summed E-state index contributed by atoms with van der Waals surface area (Å²) < 4.78 is 5.63. The zero-order valence-corrected chi connectivity index (χ0v) is 13.0. The predicted molar refractivity (Wildman–Crippen MR) is 83.3 cm³/mol. The normalized spacial score (nSPS) is 32.2. The van der Waals surface area contributed by atoms with Gasteiger partial charge >= 0.3 is 0 Å². The molecule has 2 aliphatic rings. The van der Waals surface area contributed by atoms with Crippen molar-refractivity contribution in [3.63, 3.8) is 0 Å². The summed E-state index contributed by atoms with van der Waals surface area (Å²) in [7, 11) is 0. The molecule has 0 spiro atoms. The smallest absolute Gasteiger partial charge is 0.228 e. The third-order valence-electron chi connectivity index (χ3n) is 4.65. The molecule has 0 aromatic heterocycles. The molecule has 4 nitrogen and oxygen atoms in total. The van der Waals surface area contributed by atoms with Crippen LogP contribution in [-0.2, 0) is 16.0 Å². The van der Waals surface area contributed by atoms with E-state index in [-0.39, 0.29) is 30.0 Å². The maximum atomic E-state index is 13.0. The quantitative estimate of drug-likeness (QED) is 0.862. The number of anilines is 1. The first-order valence-electron chi connectivity index (χ1n) is 7.82. The van der Waals surface area contributed by atoms with Gasteiger partial charge < -0.3 is 15.0 Å². The minimum atomic E-state index is 0.00708. The van der Waals surface area contributed by atoms with Crippen LogP contribution in [0.5, 0.6) is 0 Å². The maximum absolute atomic E-state index is 13.0. The van der Waals surface area contributed by atoms with Crippen molar-refractivity contribution in [3.05, 3.63) is 29.8 Å². The summed E-state index contributed by atoms with van der Waals surface area (Å²) >= 11 is 0. The van der Waals surface area contributed by atoms with Crippen molar-refractivity contribution < 1.29 is 9.53 Å². The molecule has 2 heterocycles. The van der Waals surface area contributed by atoms with Crippen LogP contribution in [0.2, 0.25) is 0 Å². The van der Waals surface area contributed by atoms with Crippen molar-refractivity contribution in [1.29, 1.82) is 0 Å². The summed E-state index contributed by atoms with van der Waals surface area (Å²) in [6.07, 6.45) is 0.950. The van der Waals surface area contributed by atoms with Gasteiger partial charge in [0.1, 0.15) is 0 Å². The number of morpholine rings is 1. The number of fused-ring (bicyclic) bond motifs is 1. The average Bonchev–Trinajstić information content (AvgIpc) is 2.48. The van der Waals surface area contributed by atoms with Crippen LogP contribution in [0, 0.1) is 5.92 Å². The Morgan fingerprint density at radius 2 is 2.05 bits per heavy atom. The molecule has 0 bridgehead atoms. The number of nitrogens with zero attached hydrogens (tertiary/aromatic N) is 1. The van der Waals surface area contributed by atoms with Gasteiger partial charge in [-0.1, -0.05) is 18.2 Å². The second-order valence-corrected chi connectivity index (χ2v) is 6.38. The fourth-order valence-electron chi connectivity index (χ4n) is 3.32. The fourth-order valence-corrected chi connectivity index (χ4v) is 3.32. The monoisotopic (exact) mass is 288 g/mol. The molecule has 1 amide bonds. The van der Waals surface area contributed by atoms with Crippen LogP contribution >= 0.6 is 0 Å². The van der Waals surface area contributed by atoms with Crippen LogP contribution in [0.25, 0.3) is 0 Å². The lowest BCUT2D eigenvalue weighted by Crippen LogP contribution is -2.54. The van der Waals surface area contributed by atoms with Crippen LogP contribution < -0.4 is 5.32 Å². The van der Waals surface area contributed by atoms with Gasteiger partial charge in [0.2, 0.25) is 5.91 Å². The Bertz CT molecular complexity index is 531. The highest BCUT2D eigenvalue weighted by Gasteiger charge is 2.36. The minimum absolute atomic E-state index is 0.00708. The van der Waals surface area contributed by atoms with E-state index in [0.717, 1.165) is 12.1 Å². The van der Waals surface area contributed by atoms with E-state index in [0.29, 0.717) is 13.2 Å². The highest BCUT2D eigenvalue weighted by Crippen LogP contribution is 2.30. The van der Waals surface area contributed by atoms with Gasteiger partial charge in [0, 0.05) is 18.3 Å². The van der Waals surface area contributed by atoms with Crippen LogP contribution in [-0.4, -0.2) is 42.1 Å². The molecule has 21 heavy (non-hydrogen) atoms. The number of hydrogen-bond donors (Lipinski definition) is 1. The van der Waals surface area contributed by atoms with Crippen molar-refractivity contribution >= 4 is 11.6 Å². The van der Waals surface area contributed by atoms with Crippen LogP contribution in [0.3, 0.4) is 0 Å². The summed E-state index contributed by atoms with van der Waals surface area (Å²) in [5.41, 5.74) is 2.40. The van der Waals surface area contributed by atoms with E-state index >= 15 is 0 Å². The summed E-state index contributed by atoms with van der Waals surface area (Å²) in [5, 5.41) is 3.48. The lowest BCUT2D eigenvalue weighted by Gasteiger charge is -2.41. The molecule has 4 unspecified atom stereocenters. The maximum Gasteiger partial charge on any atom is 0.228 e. The molecular weight excluding hydrogens is 264 g/mol. The summed E-state index contributed by atoms with van der Waals surface area (Å²) in [5.74, 6) is 0.264. The van der Waals surface area contributed by atoms with Gasteiger partial charge in [0.05, 0.1) is 24.7 Å². The molecule has 1 fully saturated rings. The molecule has 0 saturated carbocycles. The number of ether oxygens (including phenoxy) is 1. The average molecular weight is 288 g/mol. The molecule has 2 aliphatic heterocycles. The Morgan fingerprint density at radius 1 is 1.29 bits per heavy atom. The van der Waals surface area contributed by atoms with Gasteiger partial charge in [-0.15, -0.1) is 0 Å². The van der Waals surface area contributed by atoms with E-state index < -0.39 is 0 Å². The first-order chi connectivity index (χ1) is 10.1. The topological polar surface area (TPSA) is 41.6 Å². The SMILES string of the molecule is CC1CN(C(=O)C2Cc3ccccc3NC2C)C(C)CO1. The van der Waals surface area contributed by atoms with Crippen molar-refractivity contribution in [3.8, 4) is 0 Å². The van der Waals surface area contributed by atoms with E-state index in [1.165, 1.54) is 5.56 Å². The van der Waals surface area contributed by atoms with E-state index in [4.69, 9.17) is 4.74 Å². The van der Waals surface area contributed by atoms with Crippen molar-refractivity contribution in [2.75, 3.05) is 18.5 Å². The molecular formula is C17H24N2O2. The van der Waals surface area contributed by atoms with E-state index in [2.05, 4.69) is 31.3 Å². The Morgan fingerprint density at radius 3 is 2.86 bits per heavy atom. The van der Waals surface area contributed by atoms with Crippen molar-refractivity contribution in [2.45, 2.75) is 45.4 Å². The molecule has 114 valence electrons. The molecule has 1 saturated heterocycles. The van der Waals surface area contributed by atoms with Gasteiger partial charge in [-0.25, -0.2) is 0 Å². The number of nitrogens with one attached hydrogen (secondary N) is 1. The molecule has 4 atom stereocenters. The number of rotatable bonds is 1. The third-order valence-corrected chi connectivity index (χ3v) is 4.65. The minimum Gasteiger partial charge on any atom is -0.382 e. The Balaban J connectivity index is 1.78. The molecule has 0 aliphatic carbocycles. The first-order valence-corrected chi connectivity index (χ1v) is 7.82. The zero-order valence-electron chi connectivity index (χ0n) is 13.0. The number of para-hydroxylation sites is 1. The highest BCUT2D eigenvalue weighted by molar-refractivity contribution is 5.82. The van der Waals surface area contributed by atoms with E-state index in [1.807, 2.05) is 24.0 Å². The third kappa shape index (κ3) is 2.77. The summed E-state index contributed by atoms with van der Waals surface area (Å²) in [4.78, 5) is 15.0. The van der Waals surface area contributed by atoms with Crippen LogP contribution in [0.15, 0.2) is 24.3 Å².